The van der Waals surface area contributed by atoms with Crippen LogP contribution in [0.1, 0.15) is 32.6 Å². The van der Waals surface area contributed by atoms with Gasteiger partial charge in [0, 0.05) is 23.2 Å². The summed E-state index contributed by atoms with van der Waals surface area (Å²) < 4.78 is 0. The number of anilines is 1. The van der Waals surface area contributed by atoms with Gasteiger partial charge in [0.15, 0.2) is 0 Å². The van der Waals surface area contributed by atoms with Crippen molar-refractivity contribution in [2.24, 2.45) is 0 Å². The van der Waals surface area contributed by atoms with Gasteiger partial charge in [-0.2, -0.15) is 0 Å². The van der Waals surface area contributed by atoms with E-state index in [2.05, 4.69) is 79.0 Å². The molecule has 0 unspecified atom stereocenters. The molecule has 0 atom stereocenters. The van der Waals surface area contributed by atoms with Gasteiger partial charge < -0.3 is 5.32 Å². The van der Waals surface area contributed by atoms with Crippen LogP contribution < -0.4 is 5.32 Å². The summed E-state index contributed by atoms with van der Waals surface area (Å²) in [6.07, 6.45) is 5.13. The molecule has 0 radical (unpaired) electrons. The van der Waals surface area contributed by atoms with Crippen molar-refractivity contribution in [3.63, 3.8) is 0 Å². The number of fused-ring (bicyclic) bond motifs is 1. The molecule has 0 fully saturated rings. The molecule has 0 spiro atoms. The summed E-state index contributed by atoms with van der Waals surface area (Å²) in [5.41, 5.74) is 3.83. The van der Waals surface area contributed by atoms with Crippen molar-refractivity contribution in [2.45, 2.75) is 32.6 Å². The minimum atomic E-state index is 1.04. The first-order valence-electron chi connectivity index (χ1n) is 8.71. The minimum Gasteiger partial charge on any atom is -0.384 e. The Hall–Kier alpha value is -2.28. The van der Waals surface area contributed by atoms with E-state index < -0.39 is 0 Å². The maximum absolute atomic E-state index is 3.71. The Morgan fingerprint density at radius 1 is 0.739 bits per heavy atom. The zero-order valence-corrected chi connectivity index (χ0v) is 13.9. The molecule has 0 saturated carbocycles. The molecular weight excluding hydrogens is 278 g/mol. The van der Waals surface area contributed by atoms with E-state index in [1.807, 2.05) is 0 Å². The normalized spacial score (nSPS) is 10.8. The fourth-order valence-electron chi connectivity index (χ4n) is 3.09. The van der Waals surface area contributed by atoms with Gasteiger partial charge in [-0.25, -0.2) is 0 Å². The lowest BCUT2D eigenvalue weighted by Gasteiger charge is -2.15. The standard InChI is InChI=1S/C22H25N/c1-2-3-4-10-17-23-22-20-14-9-8-13-19(20)15-16-21(22)18-11-6-5-7-12-18/h5-9,11-16,23H,2-4,10,17H2,1H3. The van der Waals surface area contributed by atoms with Gasteiger partial charge in [-0.15, -0.1) is 0 Å². The van der Waals surface area contributed by atoms with Gasteiger partial charge in [-0.1, -0.05) is 92.9 Å². The molecular formula is C22H25N. The average molecular weight is 303 g/mol. The van der Waals surface area contributed by atoms with Crippen molar-refractivity contribution < 1.29 is 0 Å². The van der Waals surface area contributed by atoms with Gasteiger partial charge >= 0.3 is 0 Å². The summed E-state index contributed by atoms with van der Waals surface area (Å²) in [7, 11) is 0. The second-order valence-corrected chi connectivity index (χ2v) is 6.06. The first-order valence-corrected chi connectivity index (χ1v) is 8.71. The summed E-state index contributed by atoms with van der Waals surface area (Å²) >= 11 is 0. The van der Waals surface area contributed by atoms with E-state index in [-0.39, 0.29) is 0 Å². The van der Waals surface area contributed by atoms with Crippen molar-refractivity contribution in [3.05, 3.63) is 66.7 Å². The quantitative estimate of drug-likeness (QED) is 0.491. The van der Waals surface area contributed by atoms with Crippen LogP contribution in [0.5, 0.6) is 0 Å². The van der Waals surface area contributed by atoms with E-state index in [1.165, 1.54) is 53.3 Å². The summed E-state index contributed by atoms with van der Waals surface area (Å²) in [4.78, 5) is 0. The molecule has 3 aromatic carbocycles. The topological polar surface area (TPSA) is 12.0 Å². The first-order chi connectivity index (χ1) is 11.4. The summed E-state index contributed by atoms with van der Waals surface area (Å²) in [6.45, 7) is 3.29. The highest BCUT2D eigenvalue weighted by Crippen LogP contribution is 2.34. The smallest absolute Gasteiger partial charge is 0.0499 e. The Morgan fingerprint density at radius 2 is 1.52 bits per heavy atom. The second kappa shape index (κ2) is 7.82. The molecule has 118 valence electrons. The van der Waals surface area contributed by atoms with Gasteiger partial charge in [0.2, 0.25) is 0 Å². The monoisotopic (exact) mass is 303 g/mol. The van der Waals surface area contributed by atoms with Crippen LogP contribution in [-0.2, 0) is 0 Å². The number of rotatable bonds is 7. The van der Waals surface area contributed by atoms with Gasteiger partial charge in [-0.3, -0.25) is 0 Å². The number of hydrogen-bond donors (Lipinski definition) is 1. The van der Waals surface area contributed by atoms with Gasteiger partial charge in [0.05, 0.1) is 0 Å². The van der Waals surface area contributed by atoms with E-state index in [0.717, 1.165) is 6.54 Å². The highest BCUT2D eigenvalue weighted by Gasteiger charge is 2.08. The molecule has 0 amide bonds. The lowest BCUT2D eigenvalue weighted by molar-refractivity contribution is 0.685. The highest BCUT2D eigenvalue weighted by molar-refractivity contribution is 6.01. The van der Waals surface area contributed by atoms with Crippen molar-refractivity contribution >= 4 is 16.5 Å². The van der Waals surface area contributed by atoms with E-state index in [1.54, 1.807) is 0 Å². The number of nitrogens with one attached hydrogen (secondary N) is 1. The molecule has 3 aromatic rings. The van der Waals surface area contributed by atoms with Gasteiger partial charge in [-0.05, 0) is 17.4 Å². The van der Waals surface area contributed by atoms with Crippen LogP contribution >= 0.6 is 0 Å². The largest absolute Gasteiger partial charge is 0.384 e. The zero-order valence-electron chi connectivity index (χ0n) is 13.9. The molecule has 1 N–H and O–H groups in total. The average Bonchev–Trinajstić information content (AvgIpc) is 2.62. The fraction of sp³-hybridized carbons (Fsp3) is 0.273. The van der Waals surface area contributed by atoms with E-state index in [9.17, 15) is 0 Å². The van der Waals surface area contributed by atoms with E-state index in [0.29, 0.717) is 0 Å². The second-order valence-electron chi connectivity index (χ2n) is 6.06. The third-order valence-electron chi connectivity index (χ3n) is 4.35. The molecule has 1 nitrogen and oxygen atoms in total. The molecule has 0 aliphatic rings. The van der Waals surface area contributed by atoms with E-state index >= 15 is 0 Å². The Kier molecular flexibility index (Phi) is 5.31. The molecule has 1 heteroatoms. The lowest BCUT2D eigenvalue weighted by Crippen LogP contribution is -2.03. The zero-order chi connectivity index (χ0) is 15.9. The predicted molar refractivity (Wildman–Crippen MR) is 102 cm³/mol. The summed E-state index contributed by atoms with van der Waals surface area (Å²) in [6, 6.07) is 23.8. The molecule has 0 aliphatic heterocycles. The molecule has 0 aliphatic carbocycles. The molecule has 0 saturated heterocycles. The van der Waals surface area contributed by atoms with Crippen LogP contribution in [-0.4, -0.2) is 6.54 Å². The van der Waals surface area contributed by atoms with Crippen molar-refractivity contribution in [2.75, 3.05) is 11.9 Å². The summed E-state index contributed by atoms with van der Waals surface area (Å²) in [5, 5.41) is 6.32. The molecule has 0 heterocycles. The van der Waals surface area contributed by atoms with Crippen molar-refractivity contribution in [1.82, 2.24) is 0 Å². The number of hydrogen-bond acceptors (Lipinski definition) is 1. The maximum Gasteiger partial charge on any atom is 0.0499 e. The fourth-order valence-corrected chi connectivity index (χ4v) is 3.09. The Morgan fingerprint density at radius 3 is 2.35 bits per heavy atom. The van der Waals surface area contributed by atoms with Crippen LogP contribution in [0.25, 0.3) is 21.9 Å². The highest BCUT2D eigenvalue weighted by atomic mass is 14.9. The van der Waals surface area contributed by atoms with Gasteiger partial charge in [0.1, 0.15) is 0 Å². The van der Waals surface area contributed by atoms with Crippen LogP contribution in [0.15, 0.2) is 66.7 Å². The minimum absolute atomic E-state index is 1.04. The molecule has 0 aromatic heterocycles. The van der Waals surface area contributed by atoms with Crippen molar-refractivity contribution in [1.29, 1.82) is 0 Å². The lowest BCUT2D eigenvalue weighted by atomic mass is 9.98. The predicted octanol–water partition coefficient (Wildman–Crippen LogP) is 6.50. The van der Waals surface area contributed by atoms with Crippen LogP contribution in [0.2, 0.25) is 0 Å². The van der Waals surface area contributed by atoms with Crippen LogP contribution in [0.4, 0.5) is 5.69 Å². The molecule has 23 heavy (non-hydrogen) atoms. The van der Waals surface area contributed by atoms with Gasteiger partial charge in [0.25, 0.3) is 0 Å². The number of benzene rings is 3. The van der Waals surface area contributed by atoms with Crippen LogP contribution in [0, 0.1) is 0 Å². The third kappa shape index (κ3) is 3.73. The van der Waals surface area contributed by atoms with E-state index in [4.69, 9.17) is 0 Å². The Balaban J connectivity index is 1.94. The third-order valence-corrected chi connectivity index (χ3v) is 4.35. The number of unbranched alkanes of at least 4 members (excludes halogenated alkanes) is 3. The Bertz CT molecular complexity index is 746. The first kappa shape index (κ1) is 15.6. The maximum atomic E-state index is 3.71. The Labute approximate surface area is 139 Å². The van der Waals surface area contributed by atoms with Crippen molar-refractivity contribution in [3.8, 4) is 11.1 Å². The van der Waals surface area contributed by atoms with Crippen LogP contribution in [0.3, 0.4) is 0 Å². The molecule has 3 rings (SSSR count). The SMILES string of the molecule is CCCCCCNc1c(-c2ccccc2)ccc2ccccc12. The summed E-state index contributed by atoms with van der Waals surface area (Å²) in [5.74, 6) is 0. The molecule has 0 bridgehead atoms.